The average Bonchev–Trinajstić information content (AvgIpc) is 2.67. The van der Waals surface area contributed by atoms with Gasteiger partial charge in [-0.1, -0.05) is 41.9 Å². The van der Waals surface area contributed by atoms with Gasteiger partial charge in [0.2, 0.25) is 11.8 Å². The molecule has 0 atom stereocenters. The van der Waals surface area contributed by atoms with Gasteiger partial charge in [0.05, 0.1) is 18.4 Å². The molecule has 0 aliphatic carbocycles. The molecule has 2 rings (SSSR count). The molecule has 0 aliphatic rings. The van der Waals surface area contributed by atoms with Crippen LogP contribution in [0.2, 0.25) is 5.02 Å². The van der Waals surface area contributed by atoms with Crippen molar-refractivity contribution >= 4 is 35.1 Å². The van der Waals surface area contributed by atoms with E-state index in [0.29, 0.717) is 17.3 Å². The van der Waals surface area contributed by atoms with Gasteiger partial charge < -0.3 is 15.0 Å². The summed E-state index contributed by atoms with van der Waals surface area (Å²) in [5.74, 6) is -1.04. The number of halogens is 1. The molecule has 0 aromatic heterocycles. The normalized spacial score (nSPS) is 10.2. The number of carbonyl (C=O) groups excluding carboxylic acids is 3. The van der Waals surface area contributed by atoms with Crippen LogP contribution in [-0.4, -0.2) is 31.4 Å². The lowest BCUT2D eigenvalue weighted by Crippen LogP contribution is -2.34. The van der Waals surface area contributed by atoms with Crippen molar-refractivity contribution in [1.29, 1.82) is 0 Å². The number of nitrogens with zero attached hydrogens (tertiary/aromatic N) is 1. The first kappa shape index (κ1) is 20.5. The molecule has 0 radical (unpaired) electrons. The summed E-state index contributed by atoms with van der Waals surface area (Å²) in [6.45, 7) is 1.82. The molecule has 0 unspecified atom stereocenters. The number of benzene rings is 2. The Hall–Kier alpha value is -2.86. The van der Waals surface area contributed by atoms with E-state index >= 15 is 0 Å². The second-order valence-corrected chi connectivity index (χ2v) is 6.20. The number of carbonyl (C=O) groups is 3. The number of ether oxygens (including phenoxy) is 1. The Labute approximate surface area is 163 Å². The summed E-state index contributed by atoms with van der Waals surface area (Å²) in [6.07, 6.45) is 0.0829. The summed E-state index contributed by atoms with van der Waals surface area (Å²) in [4.78, 5) is 37.6. The monoisotopic (exact) mass is 388 g/mol. The Bertz CT molecular complexity index is 838. The zero-order valence-electron chi connectivity index (χ0n) is 15.2. The van der Waals surface area contributed by atoms with Gasteiger partial charge in [0.15, 0.2) is 0 Å². The molecule has 0 saturated heterocycles. The van der Waals surface area contributed by atoms with Crippen LogP contribution >= 0.6 is 11.6 Å². The van der Waals surface area contributed by atoms with Crippen LogP contribution in [0.3, 0.4) is 0 Å². The standard InChI is InChI=1S/C20H21ClN2O4/c1-14(24)23(18-10-6-4-8-16(18)20(26)27-2)12-11-19(25)22-13-15-7-3-5-9-17(15)21/h3-10H,11-13H2,1-2H3,(H,22,25). The number of nitrogens with one attached hydrogen (secondary N) is 1. The van der Waals surface area contributed by atoms with E-state index in [-0.39, 0.29) is 30.3 Å². The maximum absolute atomic E-state index is 12.2. The molecular weight excluding hydrogens is 368 g/mol. The van der Waals surface area contributed by atoms with Gasteiger partial charge in [-0.25, -0.2) is 4.79 Å². The molecule has 2 aromatic carbocycles. The van der Waals surface area contributed by atoms with E-state index in [2.05, 4.69) is 5.32 Å². The Balaban J connectivity index is 2.03. The molecule has 7 heteroatoms. The molecule has 0 heterocycles. The quantitative estimate of drug-likeness (QED) is 0.739. The highest BCUT2D eigenvalue weighted by atomic mass is 35.5. The van der Waals surface area contributed by atoms with Gasteiger partial charge in [-0.2, -0.15) is 0 Å². The third-order valence-corrected chi connectivity index (χ3v) is 4.35. The minimum Gasteiger partial charge on any atom is -0.465 e. The van der Waals surface area contributed by atoms with Gasteiger partial charge in [-0.05, 0) is 23.8 Å². The molecule has 142 valence electrons. The summed E-state index contributed by atoms with van der Waals surface area (Å²) in [5.41, 5.74) is 1.49. The van der Waals surface area contributed by atoms with Crippen LogP contribution in [0.5, 0.6) is 0 Å². The summed E-state index contributed by atoms with van der Waals surface area (Å²) < 4.78 is 4.76. The number of hydrogen-bond acceptors (Lipinski definition) is 4. The Morgan fingerprint density at radius 3 is 2.41 bits per heavy atom. The zero-order valence-corrected chi connectivity index (χ0v) is 16.0. The van der Waals surface area contributed by atoms with Crippen LogP contribution < -0.4 is 10.2 Å². The van der Waals surface area contributed by atoms with Crippen molar-refractivity contribution in [3.05, 3.63) is 64.7 Å². The number of hydrogen-bond donors (Lipinski definition) is 1. The smallest absolute Gasteiger partial charge is 0.339 e. The van der Waals surface area contributed by atoms with Gasteiger partial charge in [0, 0.05) is 31.5 Å². The summed E-state index contributed by atoms with van der Waals surface area (Å²) in [5, 5.41) is 3.36. The predicted octanol–water partition coefficient (Wildman–Crippen LogP) is 3.19. The van der Waals surface area contributed by atoms with Gasteiger partial charge in [-0.15, -0.1) is 0 Å². The number of esters is 1. The van der Waals surface area contributed by atoms with Crippen LogP contribution in [0.1, 0.15) is 29.3 Å². The van der Waals surface area contributed by atoms with Crippen LogP contribution in [0, 0.1) is 0 Å². The molecule has 0 aliphatic heterocycles. The number of para-hydroxylation sites is 1. The summed E-state index contributed by atoms with van der Waals surface area (Å²) in [6, 6.07) is 13.9. The Kier molecular flexibility index (Phi) is 7.37. The van der Waals surface area contributed by atoms with Crippen molar-refractivity contribution in [3.63, 3.8) is 0 Å². The van der Waals surface area contributed by atoms with Crippen LogP contribution in [-0.2, 0) is 20.9 Å². The largest absolute Gasteiger partial charge is 0.465 e. The molecular formula is C20H21ClN2O4. The molecule has 2 aromatic rings. The topological polar surface area (TPSA) is 75.7 Å². The zero-order chi connectivity index (χ0) is 19.8. The maximum Gasteiger partial charge on any atom is 0.339 e. The minimum absolute atomic E-state index is 0.0829. The van der Waals surface area contributed by atoms with E-state index in [9.17, 15) is 14.4 Å². The number of rotatable bonds is 7. The second kappa shape index (κ2) is 9.73. The molecule has 27 heavy (non-hydrogen) atoms. The van der Waals surface area contributed by atoms with Crippen LogP contribution in [0.15, 0.2) is 48.5 Å². The fraction of sp³-hybridized carbons (Fsp3) is 0.250. The SMILES string of the molecule is COC(=O)c1ccccc1N(CCC(=O)NCc1ccccc1Cl)C(C)=O. The highest BCUT2D eigenvalue weighted by Gasteiger charge is 2.20. The average molecular weight is 389 g/mol. The predicted molar refractivity (Wildman–Crippen MR) is 104 cm³/mol. The van der Waals surface area contributed by atoms with Crippen LogP contribution in [0.25, 0.3) is 0 Å². The van der Waals surface area contributed by atoms with Gasteiger partial charge in [0.25, 0.3) is 0 Å². The third-order valence-electron chi connectivity index (χ3n) is 3.98. The van der Waals surface area contributed by atoms with E-state index in [1.165, 1.54) is 18.9 Å². The second-order valence-electron chi connectivity index (χ2n) is 5.80. The van der Waals surface area contributed by atoms with Crippen molar-refractivity contribution in [2.75, 3.05) is 18.6 Å². The van der Waals surface area contributed by atoms with Crippen molar-refractivity contribution in [3.8, 4) is 0 Å². The first-order valence-electron chi connectivity index (χ1n) is 8.39. The van der Waals surface area contributed by atoms with E-state index < -0.39 is 5.97 Å². The highest BCUT2D eigenvalue weighted by Crippen LogP contribution is 2.22. The lowest BCUT2D eigenvalue weighted by Gasteiger charge is -2.23. The molecule has 1 N–H and O–H groups in total. The Morgan fingerprint density at radius 1 is 1.07 bits per heavy atom. The van der Waals surface area contributed by atoms with Gasteiger partial charge in [-0.3, -0.25) is 9.59 Å². The molecule has 0 bridgehead atoms. The summed E-state index contributed by atoms with van der Waals surface area (Å²) in [7, 11) is 1.28. The highest BCUT2D eigenvalue weighted by molar-refractivity contribution is 6.31. The molecule has 6 nitrogen and oxygen atoms in total. The lowest BCUT2D eigenvalue weighted by molar-refractivity contribution is -0.121. The number of amides is 2. The van der Waals surface area contributed by atoms with E-state index in [4.69, 9.17) is 16.3 Å². The fourth-order valence-corrected chi connectivity index (χ4v) is 2.78. The number of anilines is 1. The van der Waals surface area contributed by atoms with E-state index in [1.807, 2.05) is 18.2 Å². The molecule has 0 saturated carbocycles. The van der Waals surface area contributed by atoms with E-state index in [0.717, 1.165) is 5.56 Å². The molecule has 0 spiro atoms. The first-order chi connectivity index (χ1) is 12.9. The first-order valence-corrected chi connectivity index (χ1v) is 8.77. The molecule has 0 fully saturated rings. The summed E-state index contributed by atoms with van der Waals surface area (Å²) >= 11 is 6.07. The van der Waals surface area contributed by atoms with Crippen molar-refractivity contribution < 1.29 is 19.1 Å². The van der Waals surface area contributed by atoms with Crippen molar-refractivity contribution in [1.82, 2.24) is 5.32 Å². The minimum atomic E-state index is -0.542. The van der Waals surface area contributed by atoms with E-state index in [1.54, 1.807) is 30.3 Å². The number of methoxy groups -OCH3 is 1. The lowest BCUT2D eigenvalue weighted by atomic mass is 10.1. The maximum atomic E-state index is 12.2. The van der Waals surface area contributed by atoms with Crippen molar-refractivity contribution in [2.24, 2.45) is 0 Å². The molecule has 2 amide bonds. The van der Waals surface area contributed by atoms with Gasteiger partial charge >= 0.3 is 5.97 Å². The van der Waals surface area contributed by atoms with Crippen LogP contribution in [0.4, 0.5) is 5.69 Å². The van der Waals surface area contributed by atoms with Gasteiger partial charge in [0.1, 0.15) is 0 Å². The Morgan fingerprint density at radius 2 is 1.74 bits per heavy atom. The fourth-order valence-electron chi connectivity index (χ4n) is 2.58. The third kappa shape index (κ3) is 5.56. The van der Waals surface area contributed by atoms with Crippen molar-refractivity contribution in [2.45, 2.75) is 19.9 Å².